The maximum absolute atomic E-state index is 4.79. The summed E-state index contributed by atoms with van der Waals surface area (Å²) in [6.45, 7) is 5.85. The minimum atomic E-state index is 0.665. The van der Waals surface area contributed by atoms with Gasteiger partial charge in [0.05, 0.1) is 5.71 Å². The highest BCUT2D eigenvalue weighted by Crippen LogP contribution is 2.33. The summed E-state index contributed by atoms with van der Waals surface area (Å²) >= 11 is 0. The van der Waals surface area contributed by atoms with Crippen LogP contribution in [-0.2, 0) is 4.84 Å². The number of nitrogens with zero attached hydrogens (tertiary/aromatic N) is 2. The molecule has 12 heavy (non-hydrogen) atoms. The van der Waals surface area contributed by atoms with Crippen LogP contribution in [0.15, 0.2) is 5.16 Å². The van der Waals surface area contributed by atoms with E-state index in [1.54, 1.807) is 7.11 Å². The molecule has 3 heteroatoms. The molecule has 3 atom stereocenters. The third-order valence-electron chi connectivity index (χ3n) is 3.10. The van der Waals surface area contributed by atoms with Crippen molar-refractivity contribution in [3.05, 3.63) is 0 Å². The first kappa shape index (κ1) is 8.05. The highest BCUT2D eigenvalue weighted by Gasteiger charge is 2.39. The zero-order valence-corrected chi connectivity index (χ0v) is 7.79. The average molecular weight is 168 g/mol. The van der Waals surface area contributed by atoms with Crippen LogP contribution in [0.25, 0.3) is 0 Å². The van der Waals surface area contributed by atoms with Gasteiger partial charge in [-0.05, 0) is 25.8 Å². The molecule has 2 bridgehead atoms. The van der Waals surface area contributed by atoms with Crippen molar-refractivity contribution in [2.45, 2.75) is 13.3 Å². The van der Waals surface area contributed by atoms with Gasteiger partial charge in [-0.25, -0.2) is 0 Å². The Balaban J connectivity index is 2.02. The summed E-state index contributed by atoms with van der Waals surface area (Å²) in [7, 11) is 1.62. The lowest BCUT2D eigenvalue weighted by Crippen LogP contribution is -2.28. The fourth-order valence-electron chi connectivity index (χ4n) is 2.47. The Labute approximate surface area is 73.4 Å². The SMILES string of the molecule is CO/N=C(\C)[C@H]1CN2CC[C@H]1C2. The molecule has 3 nitrogen and oxygen atoms in total. The Morgan fingerprint density at radius 2 is 2.33 bits per heavy atom. The summed E-state index contributed by atoms with van der Waals surface area (Å²) < 4.78 is 0. The van der Waals surface area contributed by atoms with Crippen LogP contribution in [0, 0.1) is 11.8 Å². The van der Waals surface area contributed by atoms with Gasteiger partial charge >= 0.3 is 0 Å². The fraction of sp³-hybridized carbons (Fsp3) is 0.889. The topological polar surface area (TPSA) is 24.8 Å². The van der Waals surface area contributed by atoms with Crippen molar-refractivity contribution in [1.29, 1.82) is 0 Å². The molecule has 0 spiro atoms. The molecule has 0 aromatic heterocycles. The zero-order valence-electron chi connectivity index (χ0n) is 7.79. The lowest BCUT2D eigenvalue weighted by molar-refractivity contribution is 0.208. The molecule has 2 saturated heterocycles. The van der Waals surface area contributed by atoms with Gasteiger partial charge in [-0.1, -0.05) is 5.16 Å². The first-order valence-electron chi connectivity index (χ1n) is 4.61. The van der Waals surface area contributed by atoms with Crippen LogP contribution in [0.5, 0.6) is 0 Å². The first-order valence-corrected chi connectivity index (χ1v) is 4.61. The van der Waals surface area contributed by atoms with Crippen LogP contribution >= 0.6 is 0 Å². The molecule has 68 valence electrons. The van der Waals surface area contributed by atoms with Gasteiger partial charge in [0.25, 0.3) is 0 Å². The molecule has 0 amide bonds. The molecular weight excluding hydrogens is 152 g/mol. The van der Waals surface area contributed by atoms with Gasteiger partial charge in [0.15, 0.2) is 0 Å². The number of fused-ring (bicyclic) bond motifs is 2. The van der Waals surface area contributed by atoms with Crippen molar-refractivity contribution in [2.24, 2.45) is 17.0 Å². The molecule has 2 aliphatic rings. The van der Waals surface area contributed by atoms with E-state index in [1.807, 2.05) is 0 Å². The van der Waals surface area contributed by atoms with Gasteiger partial charge in [-0.3, -0.25) is 0 Å². The van der Waals surface area contributed by atoms with E-state index in [9.17, 15) is 0 Å². The highest BCUT2D eigenvalue weighted by molar-refractivity contribution is 5.84. The monoisotopic (exact) mass is 168 g/mol. The second-order valence-electron chi connectivity index (χ2n) is 3.83. The number of rotatable bonds is 2. The van der Waals surface area contributed by atoms with Crippen LogP contribution in [0.1, 0.15) is 13.3 Å². The van der Waals surface area contributed by atoms with Crippen molar-refractivity contribution < 1.29 is 4.84 Å². The average Bonchev–Trinajstić information content (AvgIpc) is 2.64. The van der Waals surface area contributed by atoms with Crippen molar-refractivity contribution in [3.63, 3.8) is 0 Å². The Morgan fingerprint density at radius 3 is 2.83 bits per heavy atom. The molecule has 2 heterocycles. The van der Waals surface area contributed by atoms with Gasteiger partial charge in [-0.2, -0.15) is 0 Å². The Morgan fingerprint density at radius 1 is 1.50 bits per heavy atom. The molecule has 0 N–H and O–H groups in total. The molecule has 0 aromatic rings. The summed E-state index contributed by atoms with van der Waals surface area (Å²) in [5.74, 6) is 1.52. The Kier molecular flexibility index (Phi) is 2.05. The molecule has 0 aliphatic carbocycles. The minimum Gasteiger partial charge on any atom is -0.399 e. The standard InChI is InChI=1S/C9H16N2O/c1-7(10-12-2)9-6-11-4-3-8(9)5-11/h8-9H,3-6H2,1-2H3/b10-7+/t8-,9+/m0/s1. The number of hydrogen-bond donors (Lipinski definition) is 0. The molecule has 0 aromatic carbocycles. The second-order valence-corrected chi connectivity index (χ2v) is 3.83. The normalized spacial score (nSPS) is 40.5. The van der Waals surface area contributed by atoms with Crippen molar-refractivity contribution >= 4 is 5.71 Å². The van der Waals surface area contributed by atoms with E-state index in [2.05, 4.69) is 17.0 Å². The van der Waals surface area contributed by atoms with Gasteiger partial charge in [0, 0.05) is 19.0 Å². The highest BCUT2D eigenvalue weighted by atomic mass is 16.6. The lowest BCUT2D eigenvalue weighted by atomic mass is 9.89. The lowest BCUT2D eigenvalue weighted by Gasteiger charge is -2.20. The largest absolute Gasteiger partial charge is 0.399 e. The summed E-state index contributed by atoms with van der Waals surface area (Å²) in [5.41, 5.74) is 1.17. The molecule has 2 fully saturated rings. The zero-order chi connectivity index (χ0) is 8.55. The predicted molar refractivity (Wildman–Crippen MR) is 48.2 cm³/mol. The number of piperidine rings is 1. The summed E-state index contributed by atoms with van der Waals surface area (Å²) in [4.78, 5) is 7.31. The maximum Gasteiger partial charge on any atom is 0.106 e. The van der Waals surface area contributed by atoms with E-state index in [0.29, 0.717) is 5.92 Å². The third kappa shape index (κ3) is 1.22. The predicted octanol–water partition coefficient (Wildman–Crippen LogP) is 0.960. The summed E-state index contributed by atoms with van der Waals surface area (Å²) in [6, 6.07) is 0. The summed E-state index contributed by atoms with van der Waals surface area (Å²) in [6.07, 6.45) is 1.35. The summed E-state index contributed by atoms with van der Waals surface area (Å²) in [5, 5.41) is 4.02. The van der Waals surface area contributed by atoms with Gasteiger partial charge in [0.1, 0.15) is 7.11 Å². The fourth-order valence-corrected chi connectivity index (χ4v) is 2.47. The Hall–Kier alpha value is -0.570. The molecule has 2 aliphatic heterocycles. The minimum absolute atomic E-state index is 0.665. The number of hydrogen-bond acceptors (Lipinski definition) is 3. The molecule has 0 radical (unpaired) electrons. The molecule has 2 rings (SSSR count). The van der Waals surface area contributed by atoms with Crippen LogP contribution < -0.4 is 0 Å². The van der Waals surface area contributed by atoms with Gasteiger partial charge in [-0.15, -0.1) is 0 Å². The van der Waals surface area contributed by atoms with Gasteiger partial charge in [0.2, 0.25) is 0 Å². The van der Waals surface area contributed by atoms with Crippen LogP contribution in [0.4, 0.5) is 0 Å². The van der Waals surface area contributed by atoms with E-state index >= 15 is 0 Å². The Bertz CT molecular complexity index is 203. The third-order valence-corrected chi connectivity index (χ3v) is 3.10. The van der Waals surface area contributed by atoms with Gasteiger partial charge < -0.3 is 9.74 Å². The van der Waals surface area contributed by atoms with E-state index < -0.39 is 0 Å². The quantitative estimate of drug-likeness (QED) is 0.453. The molecule has 0 saturated carbocycles. The van der Waals surface area contributed by atoms with Crippen LogP contribution in [0.3, 0.4) is 0 Å². The smallest absolute Gasteiger partial charge is 0.106 e. The van der Waals surface area contributed by atoms with E-state index in [4.69, 9.17) is 4.84 Å². The van der Waals surface area contributed by atoms with Crippen molar-refractivity contribution in [2.75, 3.05) is 26.7 Å². The maximum atomic E-state index is 4.79. The van der Waals surface area contributed by atoms with Crippen LogP contribution in [0.2, 0.25) is 0 Å². The molecular formula is C9H16N2O. The van der Waals surface area contributed by atoms with Crippen molar-refractivity contribution in [3.8, 4) is 0 Å². The van der Waals surface area contributed by atoms with E-state index in [1.165, 1.54) is 31.8 Å². The number of oxime groups is 1. The van der Waals surface area contributed by atoms with E-state index in [0.717, 1.165) is 5.92 Å². The first-order chi connectivity index (χ1) is 5.81. The second kappa shape index (κ2) is 3.05. The van der Waals surface area contributed by atoms with Crippen LogP contribution in [-0.4, -0.2) is 37.4 Å². The molecule has 1 unspecified atom stereocenters. The van der Waals surface area contributed by atoms with E-state index in [-0.39, 0.29) is 0 Å². The van der Waals surface area contributed by atoms with Crippen molar-refractivity contribution in [1.82, 2.24) is 4.90 Å².